The molecule has 2 aromatic carbocycles. The normalized spacial score (nSPS) is 15.5. The highest BCUT2D eigenvalue weighted by atomic mass is 35.5. The Bertz CT molecular complexity index is 1230. The van der Waals surface area contributed by atoms with Crippen molar-refractivity contribution in [2.45, 2.75) is 13.0 Å². The van der Waals surface area contributed by atoms with E-state index >= 15 is 0 Å². The molecule has 0 aliphatic carbocycles. The second kappa shape index (κ2) is 10.0. The first-order chi connectivity index (χ1) is 16.2. The van der Waals surface area contributed by atoms with Gasteiger partial charge in [0.25, 0.3) is 0 Å². The summed E-state index contributed by atoms with van der Waals surface area (Å²) in [6.45, 7) is 3.11. The molecular weight excluding hydrogens is 438 g/mol. The lowest BCUT2D eigenvalue weighted by Crippen LogP contribution is -2.15. The van der Waals surface area contributed by atoms with Gasteiger partial charge in [-0.3, -0.25) is 4.98 Å². The number of aromatic nitrogens is 3. The lowest BCUT2D eigenvalue weighted by Gasteiger charge is -2.13. The SMILES string of the molecule is Clc1cc(Nc2ncnc3ccc(OCC4CCNC4)cc23)ccc1OCc1ccccn1. The third-order valence-corrected chi connectivity index (χ3v) is 5.85. The van der Waals surface area contributed by atoms with Gasteiger partial charge in [-0.25, -0.2) is 9.97 Å². The summed E-state index contributed by atoms with van der Waals surface area (Å²) < 4.78 is 11.8. The maximum Gasteiger partial charge on any atom is 0.141 e. The van der Waals surface area contributed by atoms with Crippen molar-refractivity contribution in [1.82, 2.24) is 20.3 Å². The maximum atomic E-state index is 6.47. The third kappa shape index (κ3) is 5.32. The summed E-state index contributed by atoms with van der Waals surface area (Å²) in [5.74, 6) is 2.64. The van der Waals surface area contributed by atoms with E-state index in [4.69, 9.17) is 21.1 Å². The second-order valence-electron chi connectivity index (χ2n) is 7.95. The highest BCUT2D eigenvalue weighted by Crippen LogP contribution is 2.32. The summed E-state index contributed by atoms with van der Waals surface area (Å²) in [7, 11) is 0. The van der Waals surface area contributed by atoms with Crippen LogP contribution in [0, 0.1) is 5.92 Å². The lowest BCUT2D eigenvalue weighted by molar-refractivity contribution is 0.260. The predicted molar refractivity (Wildman–Crippen MR) is 129 cm³/mol. The van der Waals surface area contributed by atoms with E-state index in [1.165, 1.54) is 0 Å². The van der Waals surface area contributed by atoms with Gasteiger partial charge in [-0.15, -0.1) is 0 Å². The monoisotopic (exact) mass is 461 g/mol. The van der Waals surface area contributed by atoms with E-state index in [0.29, 0.717) is 35.7 Å². The molecule has 4 aromatic rings. The van der Waals surface area contributed by atoms with Gasteiger partial charge in [0.1, 0.15) is 30.3 Å². The van der Waals surface area contributed by atoms with Crippen LogP contribution in [-0.2, 0) is 6.61 Å². The molecule has 0 bridgehead atoms. The van der Waals surface area contributed by atoms with Crippen LogP contribution in [0.2, 0.25) is 5.02 Å². The van der Waals surface area contributed by atoms with Crippen molar-refractivity contribution in [2.24, 2.45) is 5.92 Å². The number of benzene rings is 2. The van der Waals surface area contributed by atoms with Crippen molar-refractivity contribution in [1.29, 1.82) is 0 Å². The Morgan fingerprint density at radius 1 is 1.03 bits per heavy atom. The maximum absolute atomic E-state index is 6.47. The van der Waals surface area contributed by atoms with Crippen LogP contribution in [0.15, 0.2) is 67.1 Å². The van der Waals surface area contributed by atoms with Gasteiger partial charge in [0, 0.05) is 29.7 Å². The first-order valence-corrected chi connectivity index (χ1v) is 11.3. The van der Waals surface area contributed by atoms with Crippen molar-refractivity contribution in [3.8, 4) is 11.5 Å². The Hall–Kier alpha value is -3.42. The number of rotatable bonds is 8. The topological polar surface area (TPSA) is 81.2 Å². The summed E-state index contributed by atoms with van der Waals surface area (Å²) in [5, 5.41) is 8.09. The standard InChI is InChI=1S/C25H24ClN5O2/c26-22-11-18(4-7-24(22)33-15-19-3-1-2-9-28-19)31-25-21-12-20(5-6-23(21)29-16-30-25)32-14-17-8-10-27-13-17/h1-7,9,11-12,16-17,27H,8,10,13-15H2,(H,29,30,31). The van der Waals surface area contributed by atoms with Crippen LogP contribution in [0.25, 0.3) is 10.9 Å². The molecule has 7 nitrogen and oxygen atoms in total. The van der Waals surface area contributed by atoms with Gasteiger partial charge >= 0.3 is 0 Å². The van der Waals surface area contributed by atoms with E-state index in [1.807, 2.05) is 54.6 Å². The predicted octanol–water partition coefficient (Wildman–Crippen LogP) is 4.99. The largest absolute Gasteiger partial charge is 0.493 e. The van der Waals surface area contributed by atoms with Gasteiger partial charge in [-0.1, -0.05) is 17.7 Å². The molecule has 2 N–H and O–H groups in total. The fourth-order valence-corrected chi connectivity index (χ4v) is 4.00. The molecular formula is C25H24ClN5O2. The van der Waals surface area contributed by atoms with Crippen LogP contribution in [0.4, 0.5) is 11.5 Å². The van der Waals surface area contributed by atoms with Gasteiger partial charge in [0.15, 0.2) is 0 Å². The van der Waals surface area contributed by atoms with E-state index in [2.05, 4.69) is 25.6 Å². The quantitative estimate of drug-likeness (QED) is 0.382. The van der Waals surface area contributed by atoms with Gasteiger partial charge in [0.2, 0.25) is 0 Å². The van der Waals surface area contributed by atoms with Crippen LogP contribution in [0.1, 0.15) is 12.1 Å². The molecule has 8 heteroatoms. The van der Waals surface area contributed by atoms with Gasteiger partial charge < -0.3 is 20.1 Å². The summed E-state index contributed by atoms with van der Waals surface area (Å²) >= 11 is 6.47. The number of nitrogens with zero attached hydrogens (tertiary/aromatic N) is 3. The summed E-state index contributed by atoms with van der Waals surface area (Å²) in [4.78, 5) is 13.1. The molecule has 1 unspecified atom stereocenters. The van der Waals surface area contributed by atoms with E-state index in [0.717, 1.165) is 47.5 Å². The van der Waals surface area contributed by atoms with Crippen LogP contribution in [-0.4, -0.2) is 34.6 Å². The molecule has 3 heterocycles. The molecule has 1 saturated heterocycles. The molecule has 1 aliphatic heterocycles. The van der Waals surface area contributed by atoms with Crippen molar-refractivity contribution < 1.29 is 9.47 Å². The lowest BCUT2D eigenvalue weighted by atomic mass is 10.1. The average Bonchev–Trinajstić information content (AvgIpc) is 3.37. The van der Waals surface area contributed by atoms with Crippen LogP contribution < -0.4 is 20.1 Å². The molecule has 0 spiro atoms. The number of anilines is 2. The van der Waals surface area contributed by atoms with Crippen LogP contribution >= 0.6 is 11.6 Å². The zero-order valence-electron chi connectivity index (χ0n) is 18.0. The highest BCUT2D eigenvalue weighted by Gasteiger charge is 2.15. The minimum absolute atomic E-state index is 0.351. The van der Waals surface area contributed by atoms with Crippen molar-refractivity contribution in [3.05, 3.63) is 77.8 Å². The molecule has 1 atom stereocenters. The molecule has 0 saturated carbocycles. The molecule has 33 heavy (non-hydrogen) atoms. The number of ether oxygens (including phenoxy) is 2. The summed E-state index contributed by atoms with van der Waals surface area (Å²) in [6, 6.07) is 17.1. The van der Waals surface area contributed by atoms with Crippen molar-refractivity contribution in [2.75, 3.05) is 25.0 Å². The molecule has 1 fully saturated rings. The summed E-state index contributed by atoms with van der Waals surface area (Å²) in [5.41, 5.74) is 2.47. The van der Waals surface area contributed by atoms with Crippen LogP contribution in [0.3, 0.4) is 0 Å². The number of halogens is 1. The molecule has 0 radical (unpaired) electrons. The van der Waals surface area contributed by atoms with Crippen molar-refractivity contribution >= 4 is 34.0 Å². The highest BCUT2D eigenvalue weighted by molar-refractivity contribution is 6.32. The van der Waals surface area contributed by atoms with Gasteiger partial charge in [-0.05, 0) is 61.5 Å². The van der Waals surface area contributed by atoms with E-state index in [9.17, 15) is 0 Å². The average molecular weight is 462 g/mol. The first-order valence-electron chi connectivity index (χ1n) is 10.9. The third-order valence-electron chi connectivity index (χ3n) is 5.55. The van der Waals surface area contributed by atoms with Gasteiger partial charge in [0.05, 0.1) is 22.8 Å². The zero-order chi connectivity index (χ0) is 22.5. The Kier molecular flexibility index (Phi) is 6.51. The number of fused-ring (bicyclic) bond motifs is 1. The number of hydrogen-bond donors (Lipinski definition) is 2. The Balaban J connectivity index is 1.30. The Morgan fingerprint density at radius 2 is 2.00 bits per heavy atom. The Labute approximate surface area is 197 Å². The smallest absolute Gasteiger partial charge is 0.141 e. The molecule has 0 amide bonds. The van der Waals surface area contributed by atoms with E-state index < -0.39 is 0 Å². The molecule has 1 aliphatic rings. The number of pyridine rings is 1. The molecule has 168 valence electrons. The Morgan fingerprint density at radius 3 is 2.82 bits per heavy atom. The number of nitrogens with one attached hydrogen (secondary N) is 2. The zero-order valence-corrected chi connectivity index (χ0v) is 18.8. The first kappa shape index (κ1) is 21.4. The molecule has 5 rings (SSSR count). The fourth-order valence-electron chi connectivity index (χ4n) is 3.76. The van der Waals surface area contributed by atoms with E-state index in [1.54, 1.807) is 12.5 Å². The fraction of sp³-hybridized carbons (Fsp3) is 0.240. The van der Waals surface area contributed by atoms with E-state index in [-0.39, 0.29) is 0 Å². The summed E-state index contributed by atoms with van der Waals surface area (Å²) in [6.07, 6.45) is 4.43. The van der Waals surface area contributed by atoms with Crippen molar-refractivity contribution in [3.63, 3.8) is 0 Å². The second-order valence-corrected chi connectivity index (χ2v) is 8.36. The molecule has 2 aromatic heterocycles. The van der Waals surface area contributed by atoms with Crippen LogP contribution in [0.5, 0.6) is 11.5 Å². The number of hydrogen-bond acceptors (Lipinski definition) is 7. The minimum atomic E-state index is 0.351. The minimum Gasteiger partial charge on any atom is -0.493 e. The van der Waals surface area contributed by atoms with Gasteiger partial charge in [-0.2, -0.15) is 0 Å².